The van der Waals surface area contributed by atoms with E-state index in [2.05, 4.69) is 0 Å². The predicted molar refractivity (Wildman–Crippen MR) is 68.5 cm³/mol. The zero-order valence-electron chi connectivity index (χ0n) is 10.6. The van der Waals surface area contributed by atoms with Gasteiger partial charge in [0.15, 0.2) is 0 Å². The van der Waals surface area contributed by atoms with E-state index in [0.29, 0.717) is 12.1 Å². The van der Waals surface area contributed by atoms with E-state index in [0.717, 1.165) is 6.07 Å². The number of carboxylic acid groups (broad SMARTS) is 1. The summed E-state index contributed by atoms with van der Waals surface area (Å²) in [5, 5.41) is 8.50. The first-order valence-corrected chi connectivity index (χ1v) is 7.47. The standard InChI is InChI=1S/C11H11ClF3NO4S/c1-2-8(10(17)18)16-21(19,20)9-4-3-6(12)5-7(9)11(13,14)15/h3-5,8,16H,2H2,1H3,(H,17,18)/t8-/m1/s1. The van der Waals surface area contributed by atoms with Gasteiger partial charge in [0.2, 0.25) is 10.0 Å². The minimum atomic E-state index is -4.94. The van der Waals surface area contributed by atoms with E-state index in [1.807, 2.05) is 0 Å². The Morgan fingerprint density at radius 2 is 2.00 bits per heavy atom. The molecular weight excluding hydrogens is 335 g/mol. The quantitative estimate of drug-likeness (QED) is 0.859. The summed E-state index contributed by atoms with van der Waals surface area (Å²) in [6, 6.07) is 0.610. The molecule has 118 valence electrons. The Bertz CT molecular complexity index is 645. The van der Waals surface area contributed by atoms with Crippen LogP contribution in [0, 0.1) is 0 Å². The lowest BCUT2D eigenvalue weighted by Crippen LogP contribution is -2.40. The second-order valence-electron chi connectivity index (χ2n) is 4.06. The molecule has 0 aromatic heterocycles. The maximum absolute atomic E-state index is 12.9. The number of hydrogen-bond donors (Lipinski definition) is 2. The van der Waals surface area contributed by atoms with Gasteiger partial charge < -0.3 is 5.11 Å². The number of aliphatic carboxylic acids is 1. The summed E-state index contributed by atoms with van der Waals surface area (Å²) < 4.78 is 64.3. The monoisotopic (exact) mass is 345 g/mol. The second kappa shape index (κ2) is 6.20. The molecule has 0 unspecified atom stereocenters. The highest BCUT2D eigenvalue weighted by atomic mass is 35.5. The topological polar surface area (TPSA) is 83.5 Å². The van der Waals surface area contributed by atoms with Crippen LogP contribution in [-0.2, 0) is 21.0 Å². The maximum atomic E-state index is 12.9. The Labute approximate surface area is 123 Å². The van der Waals surface area contributed by atoms with Gasteiger partial charge in [-0.1, -0.05) is 18.5 Å². The summed E-state index contributed by atoms with van der Waals surface area (Å²) in [7, 11) is -4.66. The molecule has 1 rings (SSSR count). The van der Waals surface area contributed by atoms with E-state index in [-0.39, 0.29) is 11.4 Å². The molecule has 0 amide bonds. The number of halogens is 4. The number of carbonyl (C=O) groups is 1. The first kappa shape index (κ1) is 17.7. The molecular formula is C11H11ClF3NO4S. The molecule has 0 saturated heterocycles. The lowest BCUT2D eigenvalue weighted by molar-refractivity contribution is -0.140. The van der Waals surface area contributed by atoms with E-state index in [1.165, 1.54) is 6.92 Å². The molecule has 0 radical (unpaired) electrons. The third-order valence-corrected chi connectivity index (χ3v) is 4.31. The molecule has 2 N–H and O–H groups in total. The number of hydrogen-bond acceptors (Lipinski definition) is 3. The van der Waals surface area contributed by atoms with Crippen LogP contribution in [0.3, 0.4) is 0 Å². The molecule has 1 aromatic carbocycles. The van der Waals surface area contributed by atoms with Crippen molar-refractivity contribution in [3.05, 3.63) is 28.8 Å². The first-order chi connectivity index (χ1) is 9.49. The van der Waals surface area contributed by atoms with Crippen LogP contribution in [0.25, 0.3) is 0 Å². The number of alkyl halides is 3. The van der Waals surface area contributed by atoms with Crippen molar-refractivity contribution in [1.29, 1.82) is 0 Å². The molecule has 0 aliphatic rings. The summed E-state index contributed by atoms with van der Waals surface area (Å²) >= 11 is 5.45. The zero-order valence-corrected chi connectivity index (χ0v) is 12.2. The van der Waals surface area contributed by atoms with Gasteiger partial charge in [0, 0.05) is 5.02 Å². The Morgan fingerprint density at radius 1 is 1.43 bits per heavy atom. The van der Waals surface area contributed by atoms with E-state index < -0.39 is 38.7 Å². The number of carboxylic acids is 1. The van der Waals surface area contributed by atoms with Crippen LogP contribution in [0.15, 0.2) is 23.1 Å². The third-order valence-electron chi connectivity index (χ3n) is 2.54. The molecule has 0 saturated carbocycles. The van der Waals surface area contributed by atoms with Crippen LogP contribution in [-0.4, -0.2) is 25.5 Å². The fraction of sp³-hybridized carbons (Fsp3) is 0.364. The average Bonchev–Trinajstić information content (AvgIpc) is 2.34. The Hall–Kier alpha value is -1.32. The lowest BCUT2D eigenvalue weighted by atomic mass is 10.2. The smallest absolute Gasteiger partial charge is 0.417 e. The highest BCUT2D eigenvalue weighted by Crippen LogP contribution is 2.35. The van der Waals surface area contributed by atoms with Crippen molar-refractivity contribution in [2.75, 3.05) is 0 Å². The van der Waals surface area contributed by atoms with Gasteiger partial charge in [-0.05, 0) is 24.6 Å². The van der Waals surface area contributed by atoms with Gasteiger partial charge in [-0.15, -0.1) is 0 Å². The summed E-state index contributed by atoms with van der Waals surface area (Å²) in [5.41, 5.74) is -1.46. The number of benzene rings is 1. The lowest BCUT2D eigenvalue weighted by Gasteiger charge is -2.17. The number of sulfonamides is 1. The van der Waals surface area contributed by atoms with Crippen molar-refractivity contribution in [3.8, 4) is 0 Å². The van der Waals surface area contributed by atoms with Crippen LogP contribution in [0.1, 0.15) is 18.9 Å². The van der Waals surface area contributed by atoms with E-state index >= 15 is 0 Å². The van der Waals surface area contributed by atoms with Crippen LogP contribution in [0.2, 0.25) is 5.02 Å². The Morgan fingerprint density at radius 3 is 2.43 bits per heavy atom. The van der Waals surface area contributed by atoms with Gasteiger partial charge in [-0.25, -0.2) is 8.42 Å². The summed E-state index contributed by atoms with van der Waals surface area (Å²) in [4.78, 5) is 9.73. The second-order valence-corrected chi connectivity index (χ2v) is 6.18. The first-order valence-electron chi connectivity index (χ1n) is 5.61. The molecule has 0 heterocycles. The van der Waals surface area contributed by atoms with Crippen molar-refractivity contribution in [1.82, 2.24) is 4.72 Å². The van der Waals surface area contributed by atoms with Crippen molar-refractivity contribution < 1.29 is 31.5 Å². The highest BCUT2D eigenvalue weighted by Gasteiger charge is 2.38. The fourth-order valence-electron chi connectivity index (χ4n) is 1.52. The molecule has 0 fully saturated rings. The van der Waals surface area contributed by atoms with Gasteiger partial charge in [-0.3, -0.25) is 4.79 Å². The molecule has 10 heteroatoms. The predicted octanol–water partition coefficient (Wildman–Crippen LogP) is 2.50. The molecule has 21 heavy (non-hydrogen) atoms. The summed E-state index contributed by atoms with van der Waals surface area (Å²) in [6.45, 7) is 1.38. The van der Waals surface area contributed by atoms with Gasteiger partial charge in [-0.2, -0.15) is 17.9 Å². The van der Waals surface area contributed by atoms with Crippen LogP contribution >= 0.6 is 11.6 Å². The normalized spacial score (nSPS) is 14.0. The summed E-state index contributed by atoms with van der Waals surface area (Å²) in [5.74, 6) is -1.48. The minimum absolute atomic E-state index is 0.122. The SMILES string of the molecule is CC[C@@H](NS(=O)(=O)c1ccc(Cl)cc1C(F)(F)F)C(=O)O. The Kier molecular flexibility index (Phi) is 5.24. The van der Waals surface area contributed by atoms with Crippen LogP contribution in [0.4, 0.5) is 13.2 Å². The molecule has 0 bridgehead atoms. The molecule has 5 nitrogen and oxygen atoms in total. The zero-order chi connectivity index (χ0) is 16.4. The van der Waals surface area contributed by atoms with Crippen LogP contribution in [0.5, 0.6) is 0 Å². The van der Waals surface area contributed by atoms with Gasteiger partial charge in [0.1, 0.15) is 6.04 Å². The highest BCUT2D eigenvalue weighted by molar-refractivity contribution is 7.89. The molecule has 1 aromatic rings. The van der Waals surface area contributed by atoms with E-state index in [1.54, 1.807) is 4.72 Å². The van der Waals surface area contributed by atoms with Crippen molar-refractivity contribution in [2.24, 2.45) is 0 Å². The molecule has 0 aliphatic carbocycles. The van der Waals surface area contributed by atoms with Crippen molar-refractivity contribution >= 4 is 27.6 Å². The molecule has 1 atom stereocenters. The Balaban J connectivity index is 3.35. The van der Waals surface area contributed by atoms with Crippen molar-refractivity contribution in [2.45, 2.75) is 30.5 Å². The van der Waals surface area contributed by atoms with Crippen LogP contribution < -0.4 is 4.72 Å². The van der Waals surface area contributed by atoms with E-state index in [4.69, 9.17) is 16.7 Å². The maximum Gasteiger partial charge on any atom is 0.417 e. The fourth-order valence-corrected chi connectivity index (χ4v) is 3.17. The third kappa shape index (κ3) is 4.32. The minimum Gasteiger partial charge on any atom is -0.480 e. The van der Waals surface area contributed by atoms with Gasteiger partial charge in [0.25, 0.3) is 0 Å². The number of nitrogens with one attached hydrogen (secondary N) is 1. The molecule has 0 spiro atoms. The average molecular weight is 346 g/mol. The summed E-state index contributed by atoms with van der Waals surface area (Å²) in [6.07, 6.45) is -5.07. The van der Waals surface area contributed by atoms with Gasteiger partial charge >= 0.3 is 12.1 Å². The molecule has 0 aliphatic heterocycles. The largest absolute Gasteiger partial charge is 0.480 e. The van der Waals surface area contributed by atoms with Gasteiger partial charge in [0.05, 0.1) is 10.5 Å². The van der Waals surface area contributed by atoms with Crippen molar-refractivity contribution in [3.63, 3.8) is 0 Å². The van der Waals surface area contributed by atoms with E-state index in [9.17, 15) is 26.4 Å². The number of rotatable bonds is 5.